The number of aryl methyl sites for hydroxylation is 1. The summed E-state index contributed by atoms with van der Waals surface area (Å²) in [5, 5.41) is 7.56. The van der Waals surface area contributed by atoms with E-state index in [0.717, 1.165) is 0 Å². The van der Waals surface area contributed by atoms with Crippen molar-refractivity contribution in [2.45, 2.75) is 6.92 Å². The minimum absolute atomic E-state index is 0.126. The molecule has 6 heteroatoms. The van der Waals surface area contributed by atoms with Crippen LogP contribution in [-0.4, -0.2) is 43.1 Å². The number of amides is 1. The normalized spacial score (nSPS) is 10.7. The zero-order valence-corrected chi connectivity index (χ0v) is 13.1. The van der Waals surface area contributed by atoms with Crippen molar-refractivity contribution in [3.63, 3.8) is 0 Å². The van der Waals surface area contributed by atoms with Crippen molar-refractivity contribution >= 4 is 17.5 Å². The molecule has 2 rings (SSSR count). The van der Waals surface area contributed by atoms with Crippen LogP contribution in [0, 0.1) is 6.92 Å². The molecule has 0 saturated heterocycles. The highest BCUT2D eigenvalue weighted by Crippen LogP contribution is 2.31. The monoisotopic (exact) mass is 307 g/mol. The molecule has 21 heavy (non-hydrogen) atoms. The van der Waals surface area contributed by atoms with Gasteiger partial charge in [0.1, 0.15) is 17.0 Å². The van der Waals surface area contributed by atoms with E-state index in [1.165, 1.54) is 0 Å². The van der Waals surface area contributed by atoms with Crippen LogP contribution in [0.1, 0.15) is 16.1 Å². The molecule has 0 aliphatic carbocycles. The molecule has 0 bridgehead atoms. The number of benzene rings is 1. The Morgan fingerprint density at radius 1 is 1.43 bits per heavy atom. The molecule has 0 fully saturated rings. The quantitative estimate of drug-likeness (QED) is 0.922. The minimum atomic E-state index is -0.126. The summed E-state index contributed by atoms with van der Waals surface area (Å²) in [7, 11) is 3.60. The predicted octanol–water partition coefficient (Wildman–Crippen LogP) is 2.59. The Morgan fingerprint density at radius 2 is 2.14 bits per heavy atom. The van der Waals surface area contributed by atoms with Gasteiger partial charge in [0.15, 0.2) is 0 Å². The van der Waals surface area contributed by atoms with Crippen molar-refractivity contribution in [2.75, 3.05) is 27.2 Å². The zero-order valence-electron chi connectivity index (χ0n) is 12.3. The predicted molar refractivity (Wildman–Crippen MR) is 82.6 cm³/mol. The third-order valence-corrected chi connectivity index (χ3v) is 3.58. The molecule has 0 saturated carbocycles. The van der Waals surface area contributed by atoms with Gasteiger partial charge in [-0.25, -0.2) is 0 Å². The third-order valence-electron chi connectivity index (χ3n) is 3.25. The van der Waals surface area contributed by atoms with E-state index in [9.17, 15) is 4.79 Å². The van der Waals surface area contributed by atoms with Crippen LogP contribution < -0.4 is 5.32 Å². The highest BCUT2D eigenvalue weighted by atomic mass is 35.5. The second-order valence-electron chi connectivity index (χ2n) is 4.77. The Labute approximate surface area is 128 Å². The number of nitrogens with zero attached hydrogens (tertiary/aromatic N) is 2. The topological polar surface area (TPSA) is 58.4 Å². The van der Waals surface area contributed by atoms with Gasteiger partial charge in [-0.05, 0) is 20.0 Å². The maximum absolute atomic E-state index is 12.6. The van der Waals surface area contributed by atoms with E-state index in [1.807, 2.05) is 25.2 Å². The van der Waals surface area contributed by atoms with E-state index in [4.69, 9.17) is 16.1 Å². The van der Waals surface area contributed by atoms with Crippen LogP contribution in [0.3, 0.4) is 0 Å². The summed E-state index contributed by atoms with van der Waals surface area (Å²) in [6.07, 6.45) is 0. The van der Waals surface area contributed by atoms with Crippen LogP contribution >= 0.6 is 11.6 Å². The van der Waals surface area contributed by atoms with Crippen LogP contribution in [-0.2, 0) is 0 Å². The Bertz CT molecular complexity index is 640. The summed E-state index contributed by atoms with van der Waals surface area (Å²) in [4.78, 5) is 14.2. The maximum atomic E-state index is 12.6. The second kappa shape index (κ2) is 6.74. The molecular formula is C15H18ClN3O2. The van der Waals surface area contributed by atoms with Crippen LogP contribution in [0.4, 0.5) is 0 Å². The van der Waals surface area contributed by atoms with Gasteiger partial charge in [0.25, 0.3) is 5.91 Å². The molecule has 0 aliphatic rings. The van der Waals surface area contributed by atoms with Gasteiger partial charge in [0.2, 0.25) is 0 Å². The van der Waals surface area contributed by atoms with E-state index in [-0.39, 0.29) is 5.91 Å². The average Bonchev–Trinajstić information content (AvgIpc) is 2.86. The van der Waals surface area contributed by atoms with Crippen molar-refractivity contribution in [1.82, 2.24) is 15.4 Å². The molecule has 2 aromatic rings. The molecule has 1 amide bonds. The van der Waals surface area contributed by atoms with Gasteiger partial charge in [-0.1, -0.05) is 35.0 Å². The lowest BCUT2D eigenvalue weighted by atomic mass is 10.1. The summed E-state index contributed by atoms with van der Waals surface area (Å²) in [5.41, 5.74) is 1.64. The Morgan fingerprint density at radius 3 is 2.81 bits per heavy atom. The Hall–Kier alpha value is -1.85. The largest absolute Gasteiger partial charge is 0.360 e. The number of hydrogen-bond acceptors (Lipinski definition) is 4. The van der Waals surface area contributed by atoms with Crippen molar-refractivity contribution in [1.29, 1.82) is 0 Å². The summed E-state index contributed by atoms with van der Waals surface area (Å²) in [6.45, 7) is 3.04. The summed E-state index contributed by atoms with van der Waals surface area (Å²) >= 11 is 6.19. The first kappa shape index (κ1) is 15.5. The fourth-order valence-corrected chi connectivity index (χ4v) is 2.26. The van der Waals surface area contributed by atoms with Gasteiger partial charge in [-0.3, -0.25) is 4.79 Å². The fraction of sp³-hybridized carbons (Fsp3) is 0.333. The molecule has 0 spiro atoms. The molecule has 0 radical (unpaired) electrons. The van der Waals surface area contributed by atoms with Crippen molar-refractivity contribution in [2.24, 2.45) is 0 Å². The number of halogens is 1. The maximum Gasteiger partial charge on any atom is 0.259 e. The Kier molecular flexibility index (Phi) is 4.98. The van der Waals surface area contributed by atoms with Gasteiger partial charge >= 0.3 is 0 Å². The first-order valence-corrected chi connectivity index (χ1v) is 7.05. The van der Waals surface area contributed by atoms with Gasteiger partial charge in [0, 0.05) is 25.7 Å². The third kappa shape index (κ3) is 3.25. The molecule has 0 aliphatic heterocycles. The first-order valence-electron chi connectivity index (χ1n) is 6.67. The van der Waals surface area contributed by atoms with Gasteiger partial charge in [0.05, 0.1) is 5.02 Å². The molecule has 5 nitrogen and oxygen atoms in total. The van der Waals surface area contributed by atoms with Crippen LogP contribution in [0.15, 0.2) is 28.8 Å². The van der Waals surface area contributed by atoms with Crippen LogP contribution in [0.25, 0.3) is 11.3 Å². The summed E-state index contributed by atoms with van der Waals surface area (Å²) < 4.78 is 5.21. The lowest BCUT2D eigenvalue weighted by Gasteiger charge is -2.17. The van der Waals surface area contributed by atoms with E-state index in [2.05, 4.69) is 10.5 Å². The standard InChI is InChI=1S/C15H18ClN3O2/c1-10-13(15(20)19(3)9-8-17-2)14(18-21-10)11-6-4-5-7-12(11)16/h4-7,17H,8-9H2,1-3H3. The van der Waals surface area contributed by atoms with Crippen molar-refractivity contribution in [3.8, 4) is 11.3 Å². The fourth-order valence-electron chi connectivity index (χ4n) is 2.03. The van der Waals surface area contributed by atoms with E-state index in [0.29, 0.717) is 40.7 Å². The van der Waals surface area contributed by atoms with Crippen molar-refractivity contribution < 1.29 is 9.32 Å². The number of carbonyl (C=O) groups is 1. The van der Waals surface area contributed by atoms with Gasteiger partial charge < -0.3 is 14.7 Å². The molecular weight excluding hydrogens is 290 g/mol. The second-order valence-corrected chi connectivity index (χ2v) is 5.18. The molecule has 1 aromatic carbocycles. The lowest BCUT2D eigenvalue weighted by Crippen LogP contribution is -2.33. The number of hydrogen-bond donors (Lipinski definition) is 1. The minimum Gasteiger partial charge on any atom is -0.360 e. The number of likely N-dealkylation sites (N-methyl/N-ethyl adjacent to an activating group) is 2. The molecule has 112 valence electrons. The molecule has 1 aromatic heterocycles. The molecule has 0 atom stereocenters. The lowest BCUT2D eigenvalue weighted by molar-refractivity contribution is 0.0796. The number of nitrogens with one attached hydrogen (secondary N) is 1. The Balaban J connectivity index is 2.39. The van der Waals surface area contributed by atoms with Crippen LogP contribution in [0.2, 0.25) is 5.02 Å². The van der Waals surface area contributed by atoms with E-state index in [1.54, 1.807) is 24.9 Å². The van der Waals surface area contributed by atoms with Gasteiger partial charge in [-0.2, -0.15) is 0 Å². The van der Waals surface area contributed by atoms with Gasteiger partial charge in [-0.15, -0.1) is 0 Å². The number of aromatic nitrogens is 1. The van der Waals surface area contributed by atoms with Crippen LogP contribution in [0.5, 0.6) is 0 Å². The molecule has 0 unspecified atom stereocenters. The smallest absolute Gasteiger partial charge is 0.259 e. The van der Waals surface area contributed by atoms with E-state index >= 15 is 0 Å². The summed E-state index contributed by atoms with van der Waals surface area (Å²) in [5.74, 6) is 0.366. The first-order chi connectivity index (χ1) is 10.1. The molecule has 1 N–H and O–H groups in total. The highest BCUT2D eigenvalue weighted by Gasteiger charge is 2.25. The molecule has 1 heterocycles. The zero-order chi connectivity index (χ0) is 15.4. The highest BCUT2D eigenvalue weighted by molar-refractivity contribution is 6.33. The number of carbonyl (C=O) groups excluding carboxylic acids is 1. The summed E-state index contributed by atoms with van der Waals surface area (Å²) in [6, 6.07) is 7.27. The SMILES string of the molecule is CNCCN(C)C(=O)c1c(-c2ccccc2Cl)noc1C. The van der Waals surface area contributed by atoms with E-state index < -0.39 is 0 Å². The van der Waals surface area contributed by atoms with Crippen molar-refractivity contribution in [3.05, 3.63) is 40.6 Å². The average molecular weight is 308 g/mol. The number of rotatable bonds is 5.